The van der Waals surface area contributed by atoms with Crippen LogP contribution in [0, 0.1) is 5.82 Å². The first-order chi connectivity index (χ1) is 14.6. The Morgan fingerprint density at radius 3 is 2.43 bits per heavy atom. The molecule has 1 heterocycles. The predicted octanol–water partition coefficient (Wildman–Crippen LogP) is 4.68. The molecule has 0 aliphatic heterocycles. The number of para-hydroxylation sites is 1. The van der Waals surface area contributed by atoms with E-state index in [-0.39, 0.29) is 36.4 Å². The normalized spacial score (nSPS) is 10.7. The third-order valence-electron chi connectivity index (χ3n) is 4.60. The van der Waals surface area contributed by atoms with Crippen molar-refractivity contribution in [3.8, 4) is 0 Å². The fourth-order valence-corrected chi connectivity index (χ4v) is 3.09. The number of halogens is 1. The zero-order valence-corrected chi connectivity index (χ0v) is 16.0. The Balaban J connectivity index is 1.32. The first-order valence-electron chi connectivity index (χ1n) is 9.47. The maximum Gasteiger partial charge on any atom is 0.291 e. The Morgan fingerprint density at radius 1 is 0.867 bits per heavy atom. The average molecular weight is 402 g/mol. The summed E-state index contributed by atoms with van der Waals surface area (Å²) in [7, 11) is 0. The third-order valence-corrected chi connectivity index (χ3v) is 4.60. The Bertz CT molecular complexity index is 1170. The summed E-state index contributed by atoms with van der Waals surface area (Å²) in [5, 5.41) is 6.41. The molecule has 5 nitrogen and oxygen atoms in total. The molecule has 0 saturated heterocycles. The molecule has 0 unspecified atom stereocenters. The summed E-state index contributed by atoms with van der Waals surface area (Å²) < 4.78 is 18.7. The molecule has 0 fully saturated rings. The van der Waals surface area contributed by atoms with Gasteiger partial charge >= 0.3 is 0 Å². The molecule has 3 aromatic carbocycles. The second-order valence-electron chi connectivity index (χ2n) is 6.88. The van der Waals surface area contributed by atoms with Crippen molar-refractivity contribution >= 4 is 28.5 Å². The van der Waals surface area contributed by atoms with E-state index in [1.165, 1.54) is 12.1 Å². The molecule has 0 radical (unpaired) electrons. The predicted molar refractivity (Wildman–Crippen MR) is 113 cm³/mol. The van der Waals surface area contributed by atoms with Gasteiger partial charge in [-0.25, -0.2) is 4.39 Å². The van der Waals surface area contributed by atoms with Crippen molar-refractivity contribution in [2.45, 2.75) is 13.0 Å². The summed E-state index contributed by atoms with van der Waals surface area (Å²) in [6, 6.07) is 22.2. The Hall–Kier alpha value is -3.93. The molecule has 2 N–H and O–H groups in total. The van der Waals surface area contributed by atoms with E-state index in [2.05, 4.69) is 10.6 Å². The van der Waals surface area contributed by atoms with Crippen molar-refractivity contribution in [3.05, 3.63) is 102 Å². The van der Waals surface area contributed by atoms with Gasteiger partial charge in [-0.05, 0) is 47.5 Å². The molecule has 0 spiro atoms. The van der Waals surface area contributed by atoms with Crippen LogP contribution in [-0.2, 0) is 17.8 Å². The lowest BCUT2D eigenvalue weighted by molar-refractivity contribution is -0.120. The summed E-state index contributed by atoms with van der Waals surface area (Å²) in [6.07, 6.45) is 0.188. The van der Waals surface area contributed by atoms with Crippen molar-refractivity contribution in [2.75, 3.05) is 5.32 Å². The molecular formula is C24H19FN2O3. The summed E-state index contributed by atoms with van der Waals surface area (Å²) >= 11 is 0. The summed E-state index contributed by atoms with van der Waals surface area (Å²) in [5.74, 6) is -0.607. The molecule has 0 aliphatic rings. The molecule has 0 aliphatic carbocycles. The van der Waals surface area contributed by atoms with E-state index in [9.17, 15) is 14.0 Å². The lowest BCUT2D eigenvalue weighted by Crippen LogP contribution is -2.24. The van der Waals surface area contributed by atoms with Crippen LogP contribution in [0.3, 0.4) is 0 Å². The van der Waals surface area contributed by atoms with Gasteiger partial charge in [-0.3, -0.25) is 9.59 Å². The van der Waals surface area contributed by atoms with E-state index in [0.29, 0.717) is 16.8 Å². The highest BCUT2D eigenvalue weighted by Gasteiger charge is 2.12. The second-order valence-corrected chi connectivity index (χ2v) is 6.88. The van der Waals surface area contributed by atoms with Crippen molar-refractivity contribution in [2.24, 2.45) is 0 Å². The quantitative estimate of drug-likeness (QED) is 0.492. The van der Waals surface area contributed by atoms with Gasteiger partial charge in [0.05, 0.1) is 6.42 Å². The van der Waals surface area contributed by atoms with Gasteiger partial charge in [0.15, 0.2) is 5.76 Å². The van der Waals surface area contributed by atoms with Crippen LogP contribution >= 0.6 is 0 Å². The van der Waals surface area contributed by atoms with E-state index in [4.69, 9.17) is 4.42 Å². The number of nitrogens with one attached hydrogen (secondary N) is 2. The fourth-order valence-electron chi connectivity index (χ4n) is 3.09. The number of hydrogen-bond acceptors (Lipinski definition) is 3. The summed E-state index contributed by atoms with van der Waals surface area (Å²) in [6.45, 7) is 0.266. The van der Waals surface area contributed by atoms with Gasteiger partial charge in [-0.1, -0.05) is 42.5 Å². The number of carbonyl (C=O) groups is 2. The topological polar surface area (TPSA) is 71.3 Å². The van der Waals surface area contributed by atoms with Gasteiger partial charge in [0.2, 0.25) is 5.91 Å². The summed E-state index contributed by atoms with van der Waals surface area (Å²) in [4.78, 5) is 24.5. The zero-order chi connectivity index (χ0) is 20.9. The van der Waals surface area contributed by atoms with Gasteiger partial charge in [0, 0.05) is 17.6 Å². The van der Waals surface area contributed by atoms with Crippen LogP contribution in [0.4, 0.5) is 10.1 Å². The van der Waals surface area contributed by atoms with Crippen LogP contribution in [0.15, 0.2) is 83.3 Å². The van der Waals surface area contributed by atoms with Gasteiger partial charge in [-0.15, -0.1) is 0 Å². The standard InChI is InChI=1S/C24H19FN2O3/c25-19-6-3-4-17(12-19)15-26-23(28)13-16-8-10-20(11-9-16)27-24(29)22-14-18-5-1-2-7-21(18)30-22/h1-12,14H,13,15H2,(H,26,28)(H,27,29). The molecule has 150 valence electrons. The van der Waals surface area contributed by atoms with Gasteiger partial charge < -0.3 is 15.1 Å². The smallest absolute Gasteiger partial charge is 0.291 e. The average Bonchev–Trinajstić information content (AvgIpc) is 3.18. The monoisotopic (exact) mass is 402 g/mol. The number of anilines is 1. The van der Waals surface area contributed by atoms with Crippen LogP contribution in [0.5, 0.6) is 0 Å². The van der Waals surface area contributed by atoms with Gasteiger partial charge in [0.25, 0.3) is 5.91 Å². The number of carbonyl (C=O) groups excluding carboxylic acids is 2. The molecule has 4 rings (SSSR count). The third kappa shape index (κ3) is 4.72. The van der Waals surface area contributed by atoms with Crippen LogP contribution < -0.4 is 10.6 Å². The van der Waals surface area contributed by atoms with Crippen molar-refractivity contribution < 1.29 is 18.4 Å². The van der Waals surface area contributed by atoms with Crippen LogP contribution in [-0.4, -0.2) is 11.8 Å². The lowest BCUT2D eigenvalue weighted by Gasteiger charge is -2.07. The minimum absolute atomic E-state index is 0.168. The molecule has 0 bridgehead atoms. The lowest BCUT2D eigenvalue weighted by atomic mass is 10.1. The van der Waals surface area contributed by atoms with E-state index in [1.54, 1.807) is 48.5 Å². The van der Waals surface area contributed by atoms with Gasteiger partial charge in [-0.2, -0.15) is 0 Å². The first-order valence-corrected chi connectivity index (χ1v) is 9.47. The SMILES string of the molecule is O=C(Cc1ccc(NC(=O)c2cc3ccccc3o2)cc1)NCc1cccc(F)c1. The van der Waals surface area contributed by atoms with Crippen LogP contribution in [0.1, 0.15) is 21.7 Å². The highest BCUT2D eigenvalue weighted by molar-refractivity contribution is 6.04. The highest BCUT2D eigenvalue weighted by Crippen LogP contribution is 2.20. The molecule has 30 heavy (non-hydrogen) atoms. The molecule has 4 aromatic rings. The number of rotatable bonds is 6. The number of benzene rings is 3. The highest BCUT2D eigenvalue weighted by atomic mass is 19.1. The Morgan fingerprint density at radius 2 is 1.67 bits per heavy atom. The van der Waals surface area contributed by atoms with Crippen LogP contribution in [0.2, 0.25) is 0 Å². The van der Waals surface area contributed by atoms with E-state index in [0.717, 1.165) is 10.9 Å². The summed E-state index contributed by atoms with van der Waals surface area (Å²) in [5.41, 5.74) is 2.76. The Labute approximate surface area is 172 Å². The maximum atomic E-state index is 13.2. The zero-order valence-electron chi connectivity index (χ0n) is 16.0. The van der Waals surface area contributed by atoms with E-state index < -0.39 is 0 Å². The van der Waals surface area contributed by atoms with E-state index >= 15 is 0 Å². The number of amides is 2. The van der Waals surface area contributed by atoms with Crippen molar-refractivity contribution in [3.63, 3.8) is 0 Å². The molecule has 1 aromatic heterocycles. The number of hydrogen-bond donors (Lipinski definition) is 2. The molecule has 6 heteroatoms. The van der Waals surface area contributed by atoms with Gasteiger partial charge in [0.1, 0.15) is 11.4 Å². The number of fused-ring (bicyclic) bond motifs is 1. The minimum atomic E-state index is -0.341. The second kappa shape index (κ2) is 8.61. The minimum Gasteiger partial charge on any atom is -0.451 e. The first kappa shape index (κ1) is 19.4. The molecule has 2 amide bonds. The van der Waals surface area contributed by atoms with Crippen LogP contribution in [0.25, 0.3) is 11.0 Å². The number of furan rings is 1. The Kier molecular flexibility index (Phi) is 5.57. The molecule has 0 saturated carbocycles. The fraction of sp³-hybridized carbons (Fsp3) is 0.0833. The largest absolute Gasteiger partial charge is 0.451 e. The maximum absolute atomic E-state index is 13.2. The molecular weight excluding hydrogens is 383 g/mol. The van der Waals surface area contributed by atoms with Crippen molar-refractivity contribution in [1.29, 1.82) is 0 Å². The van der Waals surface area contributed by atoms with E-state index in [1.807, 2.05) is 18.2 Å². The molecule has 0 atom stereocenters. The van der Waals surface area contributed by atoms with Crippen molar-refractivity contribution in [1.82, 2.24) is 5.32 Å².